The first-order chi connectivity index (χ1) is 15.8. The predicted octanol–water partition coefficient (Wildman–Crippen LogP) is -0.708. The van der Waals surface area contributed by atoms with Gasteiger partial charge in [-0.25, -0.2) is 9.78 Å². The van der Waals surface area contributed by atoms with Crippen LogP contribution in [0.25, 0.3) is 0 Å². The Labute approximate surface area is 199 Å². The molecule has 0 spiro atoms. The summed E-state index contributed by atoms with van der Waals surface area (Å²) in [6.45, 7) is 8.65. The highest BCUT2D eigenvalue weighted by molar-refractivity contribution is 5.94. The number of imidazole rings is 1. The molecule has 0 aliphatic carbocycles. The molecule has 0 aromatic carbocycles. The van der Waals surface area contributed by atoms with Gasteiger partial charge >= 0.3 is 5.97 Å². The molecular weight excluding hydrogens is 444 g/mol. The maximum atomic E-state index is 13.0. The number of carboxylic acid groups (broad SMARTS) is 1. The van der Waals surface area contributed by atoms with Crippen LogP contribution in [0.1, 0.15) is 53.2 Å². The second-order valence-corrected chi connectivity index (χ2v) is 9.33. The molecule has 8 N–H and O–H groups in total. The number of aromatic amines is 1. The third-order valence-electron chi connectivity index (χ3n) is 5.06. The number of aliphatic hydroxyl groups excluding tert-OH is 1. The Hall–Kier alpha value is -2.99. The van der Waals surface area contributed by atoms with Crippen molar-refractivity contribution in [2.24, 2.45) is 17.6 Å². The number of rotatable bonds is 14. The SMILES string of the molecule is CC(C)CC(NC(=O)C(NC(=O)C(CC(C)C)NC(=O)C(N)Cc1cnc[nH]1)C(C)O)C(=O)O. The molecule has 5 unspecified atom stereocenters. The van der Waals surface area contributed by atoms with Gasteiger partial charge in [0.05, 0.1) is 18.5 Å². The van der Waals surface area contributed by atoms with Crippen LogP contribution in [-0.4, -0.2) is 74.1 Å². The minimum absolute atomic E-state index is 0.00223. The molecular formula is C22H38N6O6. The van der Waals surface area contributed by atoms with Crippen LogP contribution in [0.3, 0.4) is 0 Å². The van der Waals surface area contributed by atoms with Crippen molar-refractivity contribution >= 4 is 23.7 Å². The first kappa shape index (κ1) is 29.0. The lowest BCUT2D eigenvalue weighted by atomic mass is 10.0. The summed E-state index contributed by atoms with van der Waals surface area (Å²) in [5, 5.41) is 26.9. The summed E-state index contributed by atoms with van der Waals surface area (Å²) >= 11 is 0. The Morgan fingerprint density at radius 2 is 1.50 bits per heavy atom. The summed E-state index contributed by atoms with van der Waals surface area (Å²) in [5.41, 5.74) is 6.62. The largest absolute Gasteiger partial charge is 0.480 e. The van der Waals surface area contributed by atoms with E-state index in [9.17, 15) is 29.4 Å². The maximum absolute atomic E-state index is 13.0. The lowest BCUT2D eigenvalue weighted by Gasteiger charge is -2.27. The van der Waals surface area contributed by atoms with Crippen LogP contribution in [0.4, 0.5) is 0 Å². The number of amides is 3. The molecule has 192 valence electrons. The summed E-state index contributed by atoms with van der Waals surface area (Å²) in [6.07, 6.45) is 2.32. The molecule has 3 amide bonds. The van der Waals surface area contributed by atoms with E-state index in [2.05, 4.69) is 25.9 Å². The van der Waals surface area contributed by atoms with E-state index >= 15 is 0 Å². The summed E-state index contributed by atoms with van der Waals surface area (Å²) < 4.78 is 0. The van der Waals surface area contributed by atoms with Crippen LogP contribution in [0.15, 0.2) is 12.5 Å². The lowest BCUT2D eigenvalue weighted by Crippen LogP contribution is -2.60. The highest BCUT2D eigenvalue weighted by atomic mass is 16.4. The van der Waals surface area contributed by atoms with Crippen LogP contribution in [0.2, 0.25) is 0 Å². The Kier molecular flexibility index (Phi) is 11.7. The number of aliphatic carboxylic acids is 1. The summed E-state index contributed by atoms with van der Waals surface area (Å²) in [4.78, 5) is 56.5. The molecule has 0 aliphatic heterocycles. The maximum Gasteiger partial charge on any atom is 0.326 e. The number of nitrogens with two attached hydrogens (primary N) is 1. The predicted molar refractivity (Wildman–Crippen MR) is 124 cm³/mol. The number of hydrogen-bond acceptors (Lipinski definition) is 7. The highest BCUT2D eigenvalue weighted by Gasteiger charge is 2.33. The second kappa shape index (κ2) is 13.7. The van der Waals surface area contributed by atoms with Crippen LogP contribution >= 0.6 is 0 Å². The lowest BCUT2D eigenvalue weighted by molar-refractivity contribution is -0.143. The molecule has 5 atom stereocenters. The van der Waals surface area contributed by atoms with Gasteiger partial charge in [0.2, 0.25) is 17.7 Å². The molecule has 0 saturated heterocycles. The second-order valence-electron chi connectivity index (χ2n) is 9.33. The van der Waals surface area contributed by atoms with Gasteiger partial charge in [0.15, 0.2) is 0 Å². The molecule has 0 bridgehead atoms. The summed E-state index contributed by atoms with van der Waals surface area (Å²) in [7, 11) is 0. The quantitative estimate of drug-likeness (QED) is 0.180. The highest BCUT2D eigenvalue weighted by Crippen LogP contribution is 2.09. The fourth-order valence-electron chi connectivity index (χ4n) is 3.32. The zero-order valence-corrected chi connectivity index (χ0v) is 20.4. The average Bonchev–Trinajstić information content (AvgIpc) is 3.22. The van der Waals surface area contributed by atoms with Crippen LogP contribution in [0.5, 0.6) is 0 Å². The van der Waals surface area contributed by atoms with Crippen LogP contribution in [0, 0.1) is 11.8 Å². The van der Waals surface area contributed by atoms with E-state index in [1.807, 2.05) is 27.7 Å². The van der Waals surface area contributed by atoms with Gasteiger partial charge in [0, 0.05) is 18.3 Å². The minimum atomic E-state index is -1.41. The van der Waals surface area contributed by atoms with Crippen LogP contribution in [-0.2, 0) is 25.6 Å². The zero-order valence-electron chi connectivity index (χ0n) is 20.4. The molecule has 12 nitrogen and oxygen atoms in total. The third-order valence-corrected chi connectivity index (χ3v) is 5.06. The summed E-state index contributed by atoms with van der Waals surface area (Å²) in [5.74, 6) is -3.28. The van der Waals surface area contributed by atoms with E-state index in [0.717, 1.165) is 0 Å². The number of carbonyl (C=O) groups excluding carboxylic acids is 3. The molecule has 0 radical (unpaired) electrons. The smallest absolute Gasteiger partial charge is 0.326 e. The van der Waals surface area contributed by atoms with Gasteiger partial charge < -0.3 is 36.9 Å². The Balaban J connectivity index is 2.90. The fraction of sp³-hybridized carbons (Fsp3) is 0.682. The van der Waals surface area contributed by atoms with E-state index in [-0.39, 0.29) is 31.1 Å². The normalized spacial score (nSPS) is 15.8. The Morgan fingerprint density at radius 1 is 0.941 bits per heavy atom. The Bertz CT molecular complexity index is 811. The average molecular weight is 483 g/mol. The van der Waals surface area contributed by atoms with Gasteiger partial charge in [0.1, 0.15) is 18.1 Å². The van der Waals surface area contributed by atoms with E-state index in [0.29, 0.717) is 5.69 Å². The van der Waals surface area contributed by atoms with Gasteiger partial charge in [-0.05, 0) is 31.6 Å². The van der Waals surface area contributed by atoms with Gasteiger partial charge in [-0.1, -0.05) is 27.7 Å². The van der Waals surface area contributed by atoms with Crippen molar-refractivity contribution in [2.75, 3.05) is 0 Å². The number of nitrogens with zero attached hydrogens (tertiary/aromatic N) is 1. The van der Waals surface area contributed by atoms with Crippen molar-refractivity contribution in [1.29, 1.82) is 0 Å². The number of H-pyrrole nitrogens is 1. The minimum Gasteiger partial charge on any atom is -0.480 e. The van der Waals surface area contributed by atoms with Crippen LogP contribution < -0.4 is 21.7 Å². The third kappa shape index (κ3) is 9.87. The van der Waals surface area contributed by atoms with Crippen molar-refractivity contribution in [3.63, 3.8) is 0 Å². The fourth-order valence-corrected chi connectivity index (χ4v) is 3.32. The van der Waals surface area contributed by atoms with E-state index in [1.54, 1.807) is 6.20 Å². The van der Waals surface area contributed by atoms with Gasteiger partial charge in [-0.2, -0.15) is 0 Å². The first-order valence-electron chi connectivity index (χ1n) is 11.4. The van der Waals surface area contributed by atoms with E-state index in [1.165, 1.54) is 13.3 Å². The topological polar surface area (TPSA) is 200 Å². The molecule has 12 heteroatoms. The molecule has 1 aromatic rings. The van der Waals surface area contributed by atoms with Gasteiger partial charge in [-0.15, -0.1) is 0 Å². The van der Waals surface area contributed by atoms with Crippen molar-refractivity contribution in [1.82, 2.24) is 25.9 Å². The first-order valence-corrected chi connectivity index (χ1v) is 11.4. The molecule has 0 aliphatic rings. The van der Waals surface area contributed by atoms with Gasteiger partial charge in [0.25, 0.3) is 0 Å². The number of nitrogens with one attached hydrogen (secondary N) is 4. The Morgan fingerprint density at radius 3 is 1.97 bits per heavy atom. The number of carbonyl (C=O) groups is 4. The molecule has 1 aromatic heterocycles. The molecule has 34 heavy (non-hydrogen) atoms. The van der Waals surface area contributed by atoms with Crippen molar-refractivity contribution in [2.45, 2.75) is 84.2 Å². The molecule has 0 saturated carbocycles. The monoisotopic (exact) mass is 482 g/mol. The van der Waals surface area contributed by atoms with Crippen molar-refractivity contribution in [3.8, 4) is 0 Å². The van der Waals surface area contributed by atoms with Gasteiger partial charge in [-0.3, -0.25) is 14.4 Å². The molecule has 1 rings (SSSR count). The standard InChI is InChI=1S/C22H38N6O6/c1-11(2)6-16(26-19(30)15(23)8-14-9-24-10-25-14)20(31)28-18(13(5)29)21(32)27-17(22(33)34)7-12(3)4/h9-13,15-18,29H,6-8,23H2,1-5H3,(H,24,25)(H,26,30)(H,27,32)(H,28,31)(H,33,34). The number of carboxylic acids is 1. The zero-order chi connectivity index (χ0) is 26.0. The summed E-state index contributed by atoms with van der Waals surface area (Å²) in [6, 6.07) is -4.53. The molecule has 0 fully saturated rings. The number of aliphatic hydroxyl groups is 1. The van der Waals surface area contributed by atoms with E-state index in [4.69, 9.17) is 5.73 Å². The van der Waals surface area contributed by atoms with Crippen molar-refractivity contribution in [3.05, 3.63) is 18.2 Å². The number of hydrogen-bond donors (Lipinski definition) is 7. The molecule has 1 heterocycles. The number of aromatic nitrogens is 2. The van der Waals surface area contributed by atoms with E-state index < -0.39 is 54.0 Å². The van der Waals surface area contributed by atoms with Crippen molar-refractivity contribution < 1.29 is 29.4 Å².